The summed E-state index contributed by atoms with van der Waals surface area (Å²) >= 11 is 0. The van der Waals surface area contributed by atoms with Crippen molar-refractivity contribution in [2.75, 3.05) is 19.6 Å². The minimum Gasteiger partial charge on any atom is -0.330 e. The van der Waals surface area contributed by atoms with Gasteiger partial charge < -0.3 is 16.8 Å². The first-order valence-electron chi connectivity index (χ1n) is 5.25. The van der Waals surface area contributed by atoms with Crippen molar-refractivity contribution < 1.29 is 0 Å². The van der Waals surface area contributed by atoms with Crippen molar-refractivity contribution >= 4 is 0 Å². The Bertz CT molecular complexity index is 164. The van der Waals surface area contributed by atoms with Gasteiger partial charge in [-0.15, -0.1) is 0 Å². The number of hydrogen-bond donors (Lipinski definition) is 3. The molecule has 0 aromatic heterocycles. The van der Waals surface area contributed by atoms with Gasteiger partial charge in [0.1, 0.15) is 0 Å². The molecule has 0 amide bonds. The lowest BCUT2D eigenvalue weighted by molar-refractivity contribution is 0.403. The fourth-order valence-corrected chi connectivity index (χ4v) is 1.30. The van der Waals surface area contributed by atoms with Crippen LogP contribution in [0.2, 0.25) is 0 Å². The van der Waals surface area contributed by atoms with E-state index in [-0.39, 0.29) is 6.04 Å². The van der Waals surface area contributed by atoms with E-state index >= 15 is 0 Å². The molecule has 4 heteroatoms. The molecule has 4 nitrogen and oxygen atoms in total. The molecular formula is C10H22N4. The molecule has 0 bridgehead atoms. The summed E-state index contributed by atoms with van der Waals surface area (Å²) in [6.45, 7) is 4.48. The molecule has 0 aromatic rings. The summed E-state index contributed by atoms with van der Waals surface area (Å²) in [6, 6.07) is 2.30. The number of nitrogens with zero attached hydrogens (tertiary/aromatic N) is 1. The molecule has 0 saturated carbocycles. The average molecular weight is 198 g/mol. The zero-order valence-electron chi connectivity index (χ0n) is 9.00. The predicted molar refractivity (Wildman–Crippen MR) is 58.5 cm³/mol. The lowest BCUT2D eigenvalue weighted by atomic mass is 9.96. The standard InChI is InChI=1S/C10H22N4/c1-9(3-6-12)10(13)4-8-14-7-2-5-11/h9-10,14H,2-4,6-8,12-13H2,1H3. The second-order valence-electron chi connectivity index (χ2n) is 3.67. The van der Waals surface area contributed by atoms with Gasteiger partial charge in [-0.05, 0) is 31.8 Å². The third-order valence-electron chi connectivity index (χ3n) is 2.42. The summed E-state index contributed by atoms with van der Waals surface area (Å²) in [5.41, 5.74) is 11.4. The van der Waals surface area contributed by atoms with Crippen molar-refractivity contribution in [3.63, 3.8) is 0 Å². The van der Waals surface area contributed by atoms with E-state index in [1.165, 1.54) is 0 Å². The van der Waals surface area contributed by atoms with Gasteiger partial charge in [-0.1, -0.05) is 6.92 Å². The highest BCUT2D eigenvalue weighted by molar-refractivity contribution is 4.73. The highest BCUT2D eigenvalue weighted by atomic mass is 14.9. The van der Waals surface area contributed by atoms with Crippen LogP contribution in [0, 0.1) is 17.2 Å². The maximum absolute atomic E-state index is 8.30. The smallest absolute Gasteiger partial charge is 0.0635 e. The van der Waals surface area contributed by atoms with Crippen LogP contribution in [-0.4, -0.2) is 25.7 Å². The van der Waals surface area contributed by atoms with Crippen LogP contribution < -0.4 is 16.8 Å². The van der Waals surface area contributed by atoms with Gasteiger partial charge in [-0.25, -0.2) is 0 Å². The molecule has 0 aliphatic carbocycles. The quantitative estimate of drug-likeness (QED) is 0.486. The minimum absolute atomic E-state index is 0.216. The Hall–Kier alpha value is -0.630. The number of rotatable bonds is 8. The Balaban J connectivity index is 3.34. The molecule has 0 aliphatic heterocycles. The van der Waals surface area contributed by atoms with Crippen LogP contribution in [-0.2, 0) is 0 Å². The summed E-state index contributed by atoms with van der Waals surface area (Å²) in [4.78, 5) is 0. The second kappa shape index (κ2) is 8.95. The van der Waals surface area contributed by atoms with Gasteiger partial charge in [0.05, 0.1) is 6.07 Å². The van der Waals surface area contributed by atoms with Crippen LogP contribution in [0.1, 0.15) is 26.2 Å². The summed E-state index contributed by atoms with van der Waals surface area (Å²) in [5.74, 6) is 0.484. The summed E-state index contributed by atoms with van der Waals surface area (Å²) in [6.07, 6.45) is 2.50. The molecule has 0 spiro atoms. The van der Waals surface area contributed by atoms with Gasteiger partial charge >= 0.3 is 0 Å². The third kappa shape index (κ3) is 6.84. The van der Waals surface area contributed by atoms with Crippen LogP contribution in [0.3, 0.4) is 0 Å². The summed E-state index contributed by atoms with van der Waals surface area (Å²) in [5, 5.41) is 11.5. The number of nitriles is 1. The molecule has 0 heterocycles. The Morgan fingerprint density at radius 2 is 2.07 bits per heavy atom. The number of nitrogens with two attached hydrogens (primary N) is 2. The fourth-order valence-electron chi connectivity index (χ4n) is 1.30. The lowest BCUT2D eigenvalue weighted by Gasteiger charge is -2.19. The molecule has 0 aromatic carbocycles. The second-order valence-corrected chi connectivity index (χ2v) is 3.67. The van der Waals surface area contributed by atoms with E-state index in [1.807, 2.05) is 0 Å². The zero-order chi connectivity index (χ0) is 10.8. The van der Waals surface area contributed by atoms with E-state index in [4.69, 9.17) is 16.7 Å². The first-order chi connectivity index (χ1) is 6.72. The lowest BCUT2D eigenvalue weighted by Crippen LogP contribution is -2.33. The van der Waals surface area contributed by atoms with Crippen LogP contribution >= 0.6 is 0 Å². The molecule has 0 saturated heterocycles. The molecule has 5 N–H and O–H groups in total. The van der Waals surface area contributed by atoms with E-state index in [1.54, 1.807) is 0 Å². The molecule has 0 radical (unpaired) electrons. The van der Waals surface area contributed by atoms with E-state index < -0.39 is 0 Å². The molecular weight excluding hydrogens is 176 g/mol. The Morgan fingerprint density at radius 3 is 2.64 bits per heavy atom. The molecule has 82 valence electrons. The van der Waals surface area contributed by atoms with Crippen molar-refractivity contribution in [3.8, 4) is 6.07 Å². The molecule has 2 unspecified atom stereocenters. The first-order valence-corrected chi connectivity index (χ1v) is 5.25. The van der Waals surface area contributed by atoms with E-state index in [9.17, 15) is 0 Å². The summed E-state index contributed by atoms with van der Waals surface area (Å²) < 4.78 is 0. The van der Waals surface area contributed by atoms with E-state index in [0.29, 0.717) is 18.9 Å². The van der Waals surface area contributed by atoms with Gasteiger partial charge in [0.25, 0.3) is 0 Å². The minimum atomic E-state index is 0.216. The maximum atomic E-state index is 8.30. The van der Waals surface area contributed by atoms with Crippen LogP contribution in [0.15, 0.2) is 0 Å². The fraction of sp³-hybridized carbons (Fsp3) is 0.900. The average Bonchev–Trinajstić information content (AvgIpc) is 2.17. The van der Waals surface area contributed by atoms with Crippen LogP contribution in [0.4, 0.5) is 0 Å². The molecule has 0 fully saturated rings. The number of nitrogens with one attached hydrogen (secondary N) is 1. The highest BCUT2D eigenvalue weighted by Gasteiger charge is 2.10. The molecule has 2 atom stereocenters. The van der Waals surface area contributed by atoms with Crippen molar-refractivity contribution in [1.82, 2.24) is 5.32 Å². The van der Waals surface area contributed by atoms with Crippen LogP contribution in [0.25, 0.3) is 0 Å². The van der Waals surface area contributed by atoms with Gasteiger partial charge in [0.15, 0.2) is 0 Å². The van der Waals surface area contributed by atoms with Crippen molar-refractivity contribution in [3.05, 3.63) is 0 Å². The molecule has 0 aliphatic rings. The van der Waals surface area contributed by atoms with Crippen molar-refractivity contribution in [2.45, 2.75) is 32.2 Å². The van der Waals surface area contributed by atoms with Gasteiger partial charge in [0, 0.05) is 19.0 Å². The first kappa shape index (κ1) is 13.4. The van der Waals surface area contributed by atoms with Gasteiger partial charge in [-0.2, -0.15) is 5.26 Å². The van der Waals surface area contributed by atoms with Crippen LogP contribution in [0.5, 0.6) is 0 Å². The van der Waals surface area contributed by atoms with Gasteiger partial charge in [0.2, 0.25) is 0 Å². The Kier molecular flexibility index (Phi) is 8.54. The monoisotopic (exact) mass is 198 g/mol. The SMILES string of the molecule is CC(CCN)C(N)CCNCCC#N. The Labute approximate surface area is 86.6 Å². The maximum Gasteiger partial charge on any atom is 0.0635 e. The number of hydrogen-bond acceptors (Lipinski definition) is 4. The zero-order valence-corrected chi connectivity index (χ0v) is 9.00. The van der Waals surface area contributed by atoms with Crippen molar-refractivity contribution in [1.29, 1.82) is 5.26 Å². The molecule has 14 heavy (non-hydrogen) atoms. The largest absolute Gasteiger partial charge is 0.330 e. The third-order valence-corrected chi connectivity index (χ3v) is 2.42. The molecule has 0 rings (SSSR count). The highest BCUT2D eigenvalue weighted by Crippen LogP contribution is 2.07. The van der Waals surface area contributed by atoms with E-state index in [0.717, 1.165) is 25.9 Å². The topological polar surface area (TPSA) is 87.9 Å². The normalized spacial score (nSPS) is 14.7. The predicted octanol–water partition coefficient (Wildman–Crippen LogP) is 0.192. The van der Waals surface area contributed by atoms with Crippen molar-refractivity contribution in [2.24, 2.45) is 17.4 Å². The van der Waals surface area contributed by atoms with Gasteiger partial charge in [-0.3, -0.25) is 0 Å². The Morgan fingerprint density at radius 1 is 1.36 bits per heavy atom. The summed E-state index contributed by atoms with van der Waals surface area (Å²) in [7, 11) is 0. The van der Waals surface area contributed by atoms with E-state index in [2.05, 4.69) is 18.3 Å².